The van der Waals surface area contributed by atoms with Crippen LogP contribution in [-0.4, -0.2) is 23.9 Å². The summed E-state index contributed by atoms with van der Waals surface area (Å²) in [7, 11) is 1.64. The van der Waals surface area contributed by atoms with Crippen LogP contribution in [-0.2, 0) is 6.54 Å². The lowest BCUT2D eigenvalue weighted by molar-refractivity contribution is 0.174. The lowest BCUT2D eigenvalue weighted by Crippen LogP contribution is -2.06. The minimum atomic E-state index is 0. The van der Waals surface area contributed by atoms with Crippen molar-refractivity contribution in [1.29, 1.82) is 0 Å². The molecular weight excluding hydrogens is 368 g/mol. The van der Waals surface area contributed by atoms with Gasteiger partial charge < -0.3 is 25.3 Å². The van der Waals surface area contributed by atoms with Crippen molar-refractivity contribution >= 4 is 24.0 Å². The zero-order chi connectivity index (χ0) is 17.9. The van der Waals surface area contributed by atoms with Gasteiger partial charge in [-0.1, -0.05) is 18.2 Å². The first kappa shape index (κ1) is 18.6. The summed E-state index contributed by atoms with van der Waals surface area (Å²) >= 11 is 0. The van der Waals surface area contributed by atoms with E-state index in [0.717, 1.165) is 22.6 Å². The van der Waals surface area contributed by atoms with Gasteiger partial charge in [-0.3, -0.25) is 0 Å². The maximum Gasteiger partial charge on any atom is 0.231 e. The quantitative estimate of drug-likeness (QED) is 0.648. The number of hydrogen-bond donors (Lipinski definition) is 2. The summed E-state index contributed by atoms with van der Waals surface area (Å²) < 4.78 is 16.0. The number of nitrogens with two attached hydrogens (primary N) is 1. The molecule has 2 aromatic carbocycles. The van der Waals surface area contributed by atoms with Crippen molar-refractivity contribution in [2.24, 2.45) is 0 Å². The largest absolute Gasteiger partial charge is 0.497 e. The number of nitrogen functional groups attached to an aromatic ring is 1. The molecule has 8 heteroatoms. The predicted molar refractivity (Wildman–Crippen MR) is 106 cm³/mol. The normalized spacial score (nSPS) is 11.6. The van der Waals surface area contributed by atoms with E-state index in [1.165, 1.54) is 0 Å². The number of halogens is 1. The third-order valence-electron chi connectivity index (χ3n) is 4.13. The van der Waals surface area contributed by atoms with Gasteiger partial charge in [0.05, 0.1) is 18.5 Å². The van der Waals surface area contributed by atoms with Crippen molar-refractivity contribution in [3.05, 3.63) is 54.2 Å². The van der Waals surface area contributed by atoms with E-state index in [2.05, 4.69) is 15.3 Å². The Bertz CT molecular complexity index is 952. The molecule has 0 fully saturated rings. The molecule has 0 radical (unpaired) electrons. The minimum absolute atomic E-state index is 0. The lowest BCUT2D eigenvalue weighted by atomic mass is 10.1. The van der Waals surface area contributed by atoms with Gasteiger partial charge in [-0.15, -0.1) is 12.4 Å². The number of nitrogens with one attached hydrogen (secondary N) is 1. The Morgan fingerprint density at radius 1 is 1.19 bits per heavy atom. The average Bonchev–Trinajstić information content (AvgIpc) is 3.17. The molecule has 7 nitrogen and oxygen atoms in total. The molecule has 1 aromatic heterocycles. The Kier molecular flexibility index (Phi) is 5.52. The van der Waals surface area contributed by atoms with E-state index < -0.39 is 0 Å². The highest BCUT2D eigenvalue weighted by Crippen LogP contribution is 2.39. The first-order chi connectivity index (χ1) is 12.7. The maximum atomic E-state index is 6.15. The first-order valence-electron chi connectivity index (χ1n) is 8.13. The summed E-state index contributed by atoms with van der Waals surface area (Å²) in [6.07, 6.45) is 1.72. The molecule has 0 unspecified atom stereocenters. The van der Waals surface area contributed by atoms with Gasteiger partial charge in [0, 0.05) is 18.3 Å². The fourth-order valence-electron chi connectivity index (χ4n) is 2.75. The van der Waals surface area contributed by atoms with Crippen LogP contribution in [0.3, 0.4) is 0 Å². The SMILES string of the molecule is COc1cccc(-c2ccnc(NCc3ccc4c(c3N)OCO4)n2)c1.Cl. The fraction of sp³-hybridized carbons (Fsp3) is 0.158. The van der Waals surface area contributed by atoms with Crippen LogP contribution in [0.15, 0.2) is 48.7 Å². The standard InChI is InChI=1S/C19H18N4O3.ClH/c1-24-14-4-2-3-12(9-14)15-7-8-21-19(23-15)22-10-13-5-6-16-18(17(13)20)26-11-25-16;/h2-9H,10-11,20H2,1H3,(H,21,22,23);1H. The molecular formula is C19H19ClN4O3. The predicted octanol–water partition coefficient (Wildman–Crippen LogP) is 3.50. The van der Waals surface area contributed by atoms with Crippen LogP contribution >= 0.6 is 12.4 Å². The van der Waals surface area contributed by atoms with Crippen molar-refractivity contribution < 1.29 is 14.2 Å². The average molecular weight is 387 g/mol. The van der Waals surface area contributed by atoms with Gasteiger partial charge in [0.2, 0.25) is 12.7 Å². The first-order valence-corrected chi connectivity index (χ1v) is 8.13. The van der Waals surface area contributed by atoms with E-state index in [-0.39, 0.29) is 19.2 Å². The smallest absolute Gasteiger partial charge is 0.231 e. The monoisotopic (exact) mass is 386 g/mol. The van der Waals surface area contributed by atoms with Crippen molar-refractivity contribution in [2.45, 2.75) is 6.54 Å². The van der Waals surface area contributed by atoms with Crippen LogP contribution in [0.5, 0.6) is 17.2 Å². The highest BCUT2D eigenvalue weighted by atomic mass is 35.5. The second-order valence-electron chi connectivity index (χ2n) is 5.72. The van der Waals surface area contributed by atoms with Crippen LogP contribution in [0.25, 0.3) is 11.3 Å². The molecule has 0 bridgehead atoms. The number of hydrogen-bond acceptors (Lipinski definition) is 7. The Morgan fingerprint density at radius 3 is 2.93 bits per heavy atom. The molecule has 4 rings (SSSR count). The molecule has 0 aliphatic carbocycles. The topological polar surface area (TPSA) is 91.5 Å². The third kappa shape index (κ3) is 3.83. The number of rotatable bonds is 5. The van der Waals surface area contributed by atoms with Gasteiger partial charge in [-0.05, 0) is 29.8 Å². The van der Waals surface area contributed by atoms with E-state index >= 15 is 0 Å². The Morgan fingerprint density at radius 2 is 2.07 bits per heavy atom. The Balaban J connectivity index is 0.00000210. The molecule has 1 aliphatic heterocycles. The summed E-state index contributed by atoms with van der Waals surface area (Å²) in [4.78, 5) is 8.84. The zero-order valence-corrected chi connectivity index (χ0v) is 15.5. The highest BCUT2D eigenvalue weighted by molar-refractivity contribution is 5.85. The number of methoxy groups -OCH3 is 1. The van der Waals surface area contributed by atoms with E-state index in [1.54, 1.807) is 13.3 Å². The molecule has 0 spiro atoms. The van der Waals surface area contributed by atoms with Crippen molar-refractivity contribution in [3.8, 4) is 28.5 Å². The number of aromatic nitrogens is 2. The molecule has 140 valence electrons. The second kappa shape index (κ2) is 8.01. The van der Waals surface area contributed by atoms with Gasteiger partial charge >= 0.3 is 0 Å². The van der Waals surface area contributed by atoms with Gasteiger partial charge in [-0.2, -0.15) is 0 Å². The van der Waals surface area contributed by atoms with Crippen LogP contribution in [0, 0.1) is 0 Å². The Hall–Kier alpha value is -3.19. The van der Waals surface area contributed by atoms with Crippen molar-refractivity contribution in [2.75, 3.05) is 25.0 Å². The molecule has 27 heavy (non-hydrogen) atoms. The lowest BCUT2D eigenvalue weighted by Gasteiger charge is -2.10. The molecule has 0 saturated carbocycles. The highest BCUT2D eigenvalue weighted by Gasteiger charge is 2.18. The second-order valence-corrected chi connectivity index (χ2v) is 5.72. The van der Waals surface area contributed by atoms with Gasteiger partial charge in [0.25, 0.3) is 0 Å². The van der Waals surface area contributed by atoms with E-state index in [9.17, 15) is 0 Å². The van der Waals surface area contributed by atoms with E-state index in [0.29, 0.717) is 29.7 Å². The summed E-state index contributed by atoms with van der Waals surface area (Å²) in [5, 5.41) is 3.20. The molecule has 1 aliphatic rings. The summed E-state index contributed by atoms with van der Waals surface area (Å²) in [6.45, 7) is 0.673. The van der Waals surface area contributed by atoms with Gasteiger partial charge in [-0.25, -0.2) is 9.97 Å². The van der Waals surface area contributed by atoms with Crippen LogP contribution in [0.1, 0.15) is 5.56 Å². The number of nitrogens with zero attached hydrogens (tertiary/aromatic N) is 2. The zero-order valence-electron chi connectivity index (χ0n) is 14.6. The number of ether oxygens (including phenoxy) is 3. The fourth-order valence-corrected chi connectivity index (χ4v) is 2.75. The molecule has 0 atom stereocenters. The van der Waals surface area contributed by atoms with Crippen LogP contribution in [0.4, 0.5) is 11.6 Å². The van der Waals surface area contributed by atoms with E-state index in [4.69, 9.17) is 19.9 Å². The minimum Gasteiger partial charge on any atom is -0.497 e. The number of anilines is 2. The molecule has 0 amide bonds. The Labute approximate surface area is 162 Å². The maximum absolute atomic E-state index is 6.15. The number of benzene rings is 2. The van der Waals surface area contributed by atoms with E-state index in [1.807, 2.05) is 42.5 Å². The number of fused-ring (bicyclic) bond motifs is 1. The summed E-state index contributed by atoms with van der Waals surface area (Å²) in [5.74, 6) is 2.56. The van der Waals surface area contributed by atoms with Crippen molar-refractivity contribution in [1.82, 2.24) is 9.97 Å². The summed E-state index contributed by atoms with van der Waals surface area (Å²) in [5.41, 5.74) is 9.37. The summed E-state index contributed by atoms with van der Waals surface area (Å²) in [6, 6.07) is 13.3. The molecule has 0 saturated heterocycles. The molecule has 2 heterocycles. The van der Waals surface area contributed by atoms with Crippen LogP contribution < -0.4 is 25.3 Å². The van der Waals surface area contributed by atoms with Gasteiger partial charge in [0.1, 0.15) is 5.75 Å². The molecule has 3 N–H and O–H groups in total. The van der Waals surface area contributed by atoms with Crippen LogP contribution in [0.2, 0.25) is 0 Å². The van der Waals surface area contributed by atoms with Gasteiger partial charge in [0.15, 0.2) is 11.5 Å². The van der Waals surface area contributed by atoms with Crippen molar-refractivity contribution in [3.63, 3.8) is 0 Å². The third-order valence-corrected chi connectivity index (χ3v) is 4.13. The molecule has 3 aromatic rings.